The zero-order chi connectivity index (χ0) is 20.5. The molecule has 0 saturated carbocycles. The molecule has 7 nitrogen and oxygen atoms in total. The summed E-state index contributed by atoms with van der Waals surface area (Å²) in [5.74, 6) is 0.0124. The molecule has 0 radical (unpaired) electrons. The van der Waals surface area contributed by atoms with E-state index < -0.39 is 6.04 Å². The molecule has 0 spiro atoms. The summed E-state index contributed by atoms with van der Waals surface area (Å²) < 4.78 is 1.60. The summed E-state index contributed by atoms with van der Waals surface area (Å²) in [5, 5.41) is 10.1. The Morgan fingerprint density at radius 1 is 1.10 bits per heavy atom. The lowest BCUT2D eigenvalue weighted by atomic mass is 10.1. The first kappa shape index (κ1) is 18.6. The highest BCUT2D eigenvalue weighted by Crippen LogP contribution is 2.38. The number of Topliss-reactive ketones (excluding diaryl/α,β-unsaturated/α-hetero) is 1. The molecule has 2 heterocycles. The van der Waals surface area contributed by atoms with Crippen molar-refractivity contribution in [3.8, 4) is 11.1 Å². The van der Waals surface area contributed by atoms with Gasteiger partial charge in [-0.05, 0) is 43.7 Å². The van der Waals surface area contributed by atoms with Gasteiger partial charge in [0, 0.05) is 16.8 Å². The summed E-state index contributed by atoms with van der Waals surface area (Å²) in [5.41, 5.74) is 3.75. The van der Waals surface area contributed by atoms with Crippen LogP contribution in [0.4, 0.5) is 11.5 Å². The highest BCUT2D eigenvalue weighted by atomic mass is 16.2. The highest BCUT2D eigenvalue weighted by Gasteiger charge is 2.36. The number of anilines is 2. The van der Waals surface area contributed by atoms with Gasteiger partial charge in [-0.15, -0.1) is 0 Å². The SMILES string of the molecule is CC(=O)c1ccc(NC(=O)CC2C(=O)Nc3c(-c4ccccc4)c(C)nn32)cc1. The smallest absolute Gasteiger partial charge is 0.251 e. The maximum absolute atomic E-state index is 12.5. The standard InChI is InChI=1S/C22H20N4O3/c1-13-20(16-6-4-3-5-7-16)21-24-22(29)18(26(21)25-13)12-19(28)23-17-10-8-15(9-11-17)14(2)27/h3-11,18H,12H2,1-2H3,(H,23,28)(H,24,29). The molecule has 7 heteroatoms. The van der Waals surface area contributed by atoms with Crippen LogP contribution >= 0.6 is 0 Å². The summed E-state index contributed by atoms with van der Waals surface area (Å²) in [7, 11) is 0. The Morgan fingerprint density at radius 3 is 2.45 bits per heavy atom. The van der Waals surface area contributed by atoms with E-state index in [-0.39, 0.29) is 24.0 Å². The third-order valence-corrected chi connectivity index (χ3v) is 4.94. The van der Waals surface area contributed by atoms with Crippen molar-refractivity contribution >= 4 is 29.1 Å². The van der Waals surface area contributed by atoms with Crippen LogP contribution in [-0.2, 0) is 9.59 Å². The van der Waals surface area contributed by atoms with Crippen molar-refractivity contribution in [2.45, 2.75) is 26.3 Å². The maximum Gasteiger partial charge on any atom is 0.251 e. The topological polar surface area (TPSA) is 93.1 Å². The van der Waals surface area contributed by atoms with Crippen molar-refractivity contribution in [1.82, 2.24) is 9.78 Å². The van der Waals surface area contributed by atoms with Crippen molar-refractivity contribution < 1.29 is 14.4 Å². The molecule has 0 fully saturated rings. The van der Waals surface area contributed by atoms with Crippen LogP contribution in [0.5, 0.6) is 0 Å². The van der Waals surface area contributed by atoms with Crippen molar-refractivity contribution in [3.63, 3.8) is 0 Å². The van der Waals surface area contributed by atoms with Gasteiger partial charge in [-0.25, -0.2) is 4.68 Å². The number of hydrogen-bond donors (Lipinski definition) is 2. The Balaban J connectivity index is 1.53. The number of benzene rings is 2. The van der Waals surface area contributed by atoms with Crippen LogP contribution in [0, 0.1) is 6.92 Å². The minimum absolute atomic E-state index is 0.0390. The highest BCUT2D eigenvalue weighted by molar-refractivity contribution is 6.04. The molecule has 1 aliphatic rings. The quantitative estimate of drug-likeness (QED) is 0.654. The van der Waals surface area contributed by atoms with Crippen molar-refractivity contribution in [3.05, 3.63) is 65.9 Å². The van der Waals surface area contributed by atoms with Crippen molar-refractivity contribution in [2.75, 3.05) is 10.6 Å². The predicted molar refractivity (Wildman–Crippen MR) is 110 cm³/mol. The molecule has 2 amide bonds. The molecule has 4 rings (SSSR count). The van der Waals surface area contributed by atoms with Gasteiger partial charge in [0.05, 0.1) is 12.1 Å². The number of aryl methyl sites for hydroxylation is 1. The van der Waals surface area contributed by atoms with Crippen LogP contribution in [0.3, 0.4) is 0 Å². The van der Waals surface area contributed by atoms with E-state index >= 15 is 0 Å². The second kappa shape index (κ2) is 7.35. The van der Waals surface area contributed by atoms with E-state index in [4.69, 9.17) is 0 Å². The Morgan fingerprint density at radius 2 is 1.79 bits per heavy atom. The van der Waals surface area contributed by atoms with Crippen LogP contribution in [0.25, 0.3) is 11.1 Å². The first-order valence-corrected chi connectivity index (χ1v) is 9.30. The number of ketones is 1. The van der Waals surface area contributed by atoms with Crippen molar-refractivity contribution in [1.29, 1.82) is 0 Å². The number of carbonyl (C=O) groups excluding carboxylic acids is 3. The summed E-state index contributed by atoms with van der Waals surface area (Å²) in [6.07, 6.45) is -0.0390. The van der Waals surface area contributed by atoms with E-state index in [1.54, 1.807) is 28.9 Å². The molecule has 0 saturated heterocycles. The monoisotopic (exact) mass is 388 g/mol. The van der Waals surface area contributed by atoms with Crippen LogP contribution < -0.4 is 10.6 Å². The minimum atomic E-state index is -0.711. The fourth-order valence-electron chi connectivity index (χ4n) is 3.51. The van der Waals surface area contributed by atoms with E-state index in [1.807, 2.05) is 37.3 Å². The van der Waals surface area contributed by atoms with Gasteiger partial charge in [0.15, 0.2) is 5.78 Å². The molecule has 2 aromatic carbocycles. The van der Waals surface area contributed by atoms with Crippen LogP contribution in [0.2, 0.25) is 0 Å². The molecule has 146 valence electrons. The number of carbonyl (C=O) groups is 3. The third-order valence-electron chi connectivity index (χ3n) is 4.94. The Kier molecular flexibility index (Phi) is 4.72. The van der Waals surface area contributed by atoms with Gasteiger partial charge in [-0.2, -0.15) is 5.10 Å². The second-order valence-corrected chi connectivity index (χ2v) is 7.01. The Bertz CT molecular complexity index is 1100. The van der Waals surface area contributed by atoms with Gasteiger partial charge >= 0.3 is 0 Å². The number of nitrogens with one attached hydrogen (secondary N) is 2. The number of amides is 2. The van der Waals surface area contributed by atoms with Gasteiger partial charge in [-0.1, -0.05) is 30.3 Å². The summed E-state index contributed by atoms with van der Waals surface area (Å²) in [4.78, 5) is 36.4. The Hall–Kier alpha value is -3.74. The van der Waals surface area contributed by atoms with Crippen LogP contribution in [-0.4, -0.2) is 27.4 Å². The van der Waals surface area contributed by atoms with E-state index in [0.29, 0.717) is 17.1 Å². The minimum Gasteiger partial charge on any atom is -0.326 e. The first-order chi connectivity index (χ1) is 13.9. The van der Waals surface area contributed by atoms with E-state index in [1.165, 1.54) is 6.92 Å². The van der Waals surface area contributed by atoms with Gasteiger partial charge < -0.3 is 10.6 Å². The molecule has 1 aromatic heterocycles. The lowest BCUT2D eigenvalue weighted by Crippen LogP contribution is -2.23. The average molecular weight is 388 g/mol. The van der Waals surface area contributed by atoms with Gasteiger partial charge in [0.2, 0.25) is 5.91 Å². The third kappa shape index (κ3) is 3.54. The number of nitrogens with zero attached hydrogens (tertiary/aromatic N) is 2. The zero-order valence-electron chi connectivity index (χ0n) is 16.1. The van der Waals surface area contributed by atoms with Gasteiger partial charge in [0.25, 0.3) is 5.91 Å². The van der Waals surface area contributed by atoms with Gasteiger partial charge in [0.1, 0.15) is 11.9 Å². The zero-order valence-corrected chi connectivity index (χ0v) is 16.1. The number of rotatable bonds is 5. The Labute approximate surface area is 167 Å². The predicted octanol–water partition coefficient (Wildman–Crippen LogP) is 3.58. The molecular formula is C22H20N4O3. The van der Waals surface area contributed by atoms with Gasteiger partial charge in [-0.3, -0.25) is 14.4 Å². The summed E-state index contributed by atoms with van der Waals surface area (Å²) in [6.45, 7) is 3.37. The first-order valence-electron chi connectivity index (χ1n) is 9.30. The number of aromatic nitrogens is 2. The molecule has 0 aliphatic carbocycles. The molecule has 29 heavy (non-hydrogen) atoms. The lowest BCUT2D eigenvalue weighted by molar-refractivity contribution is -0.123. The van der Waals surface area contributed by atoms with Crippen LogP contribution in [0.1, 0.15) is 35.4 Å². The summed E-state index contributed by atoms with van der Waals surface area (Å²) >= 11 is 0. The maximum atomic E-state index is 12.5. The van der Waals surface area contributed by atoms with Crippen molar-refractivity contribution in [2.24, 2.45) is 0 Å². The fourth-order valence-corrected chi connectivity index (χ4v) is 3.51. The molecule has 0 bridgehead atoms. The molecule has 2 N–H and O–H groups in total. The molecule has 1 atom stereocenters. The average Bonchev–Trinajstić information content (AvgIpc) is 3.16. The van der Waals surface area contributed by atoms with E-state index in [9.17, 15) is 14.4 Å². The molecule has 1 aliphatic heterocycles. The fraction of sp³-hybridized carbons (Fsp3) is 0.182. The molecule has 3 aromatic rings. The van der Waals surface area contributed by atoms with Crippen LogP contribution in [0.15, 0.2) is 54.6 Å². The van der Waals surface area contributed by atoms with E-state index in [0.717, 1.165) is 16.8 Å². The van der Waals surface area contributed by atoms with E-state index in [2.05, 4.69) is 15.7 Å². The largest absolute Gasteiger partial charge is 0.326 e. The molecule has 1 unspecified atom stereocenters. The normalized spacial score (nSPS) is 15.0. The lowest BCUT2D eigenvalue weighted by Gasteiger charge is -2.10. The molecular weight excluding hydrogens is 368 g/mol. The number of fused-ring (bicyclic) bond motifs is 1. The second-order valence-electron chi connectivity index (χ2n) is 7.01. The summed E-state index contributed by atoms with van der Waals surface area (Å²) in [6, 6.07) is 15.6. The number of hydrogen-bond acceptors (Lipinski definition) is 4.